The second kappa shape index (κ2) is 3.26. The summed E-state index contributed by atoms with van der Waals surface area (Å²) in [5.41, 5.74) is 2.45. The van der Waals surface area contributed by atoms with E-state index in [-0.39, 0.29) is 0 Å². The van der Waals surface area contributed by atoms with Gasteiger partial charge in [-0.25, -0.2) is 0 Å². The van der Waals surface area contributed by atoms with E-state index in [9.17, 15) is 4.79 Å². The Balaban J connectivity index is 2.27. The Hall–Kier alpha value is -0.850. The highest BCUT2D eigenvalue weighted by Crippen LogP contribution is 2.29. The summed E-state index contributed by atoms with van der Waals surface area (Å²) < 4.78 is 0. The smallest absolute Gasteiger partial charge is 0.159 e. The normalized spacial score (nSPS) is 26.5. The molecule has 1 nitrogen and oxygen atoms in total. The standard InChI is InChI=1S/C11H14O/c12-11-8-7-9-5-3-1-2-4-6-10(9)11/h3,5H,1-2,4,6-8H2/b5-3-. The molecule has 0 spiro atoms. The fourth-order valence-corrected chi connectivity index (χ4v) is 2.00. The molecule has 0 aliphatic heterocycles. The molecule has 0 fully saturated rings. The maximum absolute atomic E-state index is 11.4. The fourth-order valence-electron chi connectivity index (χ4n) is 2.00. The molecule has 0 N–H and O–H groups in total. The van der Waals surface area contributed by atoms with Gasteiger partial charge in [-0.15, -0.1) is 0 Å². The van der Waals surface area contributed by atoms with E-state index in [0.29, 0.717) is 5.78 Å². The van der Waals surface area contributed by atoms with Crippen molar-refractivity contribution in [3.8, 4) is 0 Å². The van der Waals surface area contributed by atoms with Crippen molar-refractivity contribution >= 4 is 5.78 Å². The SMILES string of the molecule is O=C1CCC2=C1CCCC/C=C\2. The molecule has 2 rings (SSSR count). The molecule has 0 aromatic heterocycles. The average Bonchev–Trinajstić information content (AvgIpc) is 2.31. The van der Waals surface area contributed by atoms with Crippen LogP contribution in [-0.2, 0) is 4.79 Å². The molecule has 0 radical (unpaired) electrons. The van der Waals surface area contributed by atoms with Gasteiger partial charge in [-0.2, -0.15) is 0 Å². The van der Waals surface area contributed by atoms with Crippen LogP contribution in [0.4, 0.5) is 0 Å². The summed E-state index contributed by atoms with van der Waals surface area (Å²) in [6.45, 7) is 0. The van der Waals surface area contributed by atoms with Crippen LogP contribution in [0.25, 0.3) is 0 Å². The van der Waals surface area contributed by atoms with E-state index < -0.39 is 0 Å². The highest BCUT2D eigenvalue weighted by atomic mass is 16.1. The second-order valence-electron chi connectivity index (χ2n) is 3.58. The summed E-state index contributed by atoms with van der Waals surface area (Å²) in [4.78, 5) is 11.4. The molecule has 12 heavy (non-hydrogen) atoms. The number of allylic oxidation sites excluding steroid dienone is 4. The monoisotopic (exact) mass is 162 g/mol. The van der Waals surface area contributed by atoms with Gasteiger partial charge in [0.15, 0.2) is 5.78 Å². The molecular weight excluding hydrogens is 148 g/mol. The number of rotatable bonds is 0. The highest BCUT2D eigenvalue weighted by molar-refractivity contribution is 5.99. The molecule has 0 aromatic rings. The van der Waals surface area contributed by atoms with Gasteiger partial charge in [-0.1, -0.05) is 12.2 Å². The average molecular weight is 162 g/mol. The van der Waals surface area contributed by atoms with Crippen LogP contribution in [-0.4, -0.2) is 5.78 Å². The van der Waals surface area contributed by atoms with Gasteiger partial charge in [0.25, 0.3) is 0 Å². The Morgan fingerprint density at radius 1 is 1.08 bits per heavy atom. The maximum Gasteiger partial charge on any atom is 0.159 e. The van der Waals surface area contributed by atoms with E-state index in [0.717, 1.165) is 24.8 Å². The number of ketones is 1. The molecule has 0 atom stereocenters. The molecule has 0 unspecified atom stereocenters. The molecule has 0 aromatic carbocycles. The van der Waals surface area contributed by atoms with E-state index in [2.05, 4.69) is 12.2 Å². The third-order valence-corrected chi connectivity index (χ3v) is 2.71. The van der Waals surface area contributed by atoms with Gasteiger partial charge in [0.05, 0.1) is 0 Å². The first-order valence-corrected chi connectivity index (χ1v) is 4.80. The minimum Gasteiger partial charge on any atom is -0.295 e. The predicted octanol–water partition coefficient (Wildman–Crippen LogP) is 2.78. The van der Waals surface area contributed by atoms with Crippen molar-refractivity contribution in [3.05, 3.63) is 23.3 Å². The molecule has 2 aliphatic rings. The Labute approximate surface area is 73.2 Å². The van der Waals surface area contributed by atoms with Gasteiger partial charge in [-0.05, 0) is 43.3 Å². The number of hydrogen-bond donors (Lipinski definition) is 0. The minimum atomic E-state index is 0.400. The van der Waals surface area contributed by atoms with Crippen molar-refractivity contribution in [2.45, 2.75) is 38.5 Å². The van der Waals surface area contributed by atoms with Gasteiger partial charge < -0.3 is 0 Å². The largest absolute Gasteiger partial charge is 0.295 e. The van der Waals surface area contributed by atoms with Crippen molar-refractivity contribution in [2.24, 2.45) is 0 Å². The summed E-state index contributed by atoms with van der Waals surface area (Å²) in [5.74, 6) is 0.400. The number of carbonyl (C=O) groups is 1. The van der Waals surface area contributed by atoms with Crippen molar-refractivity contribution in [2.75, 3.05) is 0 Å². The molecule has 0 amide bonds. The highest BCUT2D eigenvalue weighted by Gasteiger charge is 2.20. The summed E-state index contributed by atoms with van der Waals surface area (Å²) in [5, 5.41) is 0. The van der Waals surface area contributed by atoms with E-state index in [1.165, 1.54) is 24.8 Å². The molecule has 1 heteroatoms. The zero-order valence-electron chi connectivity index (χ0n) is 7.31. The van der Waals surface area contributed by atoms with Crippen LogP contribution < -0.4 is 0 Å². The van der Waals surface area contributed by atoms with Crippen LogP contribution in [0.5, 0.6) is 0 Å². The lowest BCUT2D eigenvalue weighted by atomic mass is 10.00. The molecule has 2 aliphatic carbocycles. The quantitative estimate of drug-likeness (QED) is 0.535. The fraction of sp³-hybridized carbons (Fsp3) is 0.545. The van der Waals surface area contributed by atoms with Crippen molar-refractivity contribution in [3.63, 3.8) is 0 Å². The Bertz CT molecular complexity index is 258. The van der Waals surface area contributed by atoms with Crippen LogP contribution in [0.3, 0.4) is 0 Å². The Kier molecular flexibility index (Phi) is 2.11. The van der Waals surface area contributed by atoms with Gasteiger partial charge in [0, 0.05) is 6.42 Å². The molecule has 64 valence electrons. The first-order valence-electron chi connectivity index (χ1n) is 4.80. The second-order valence-corrected chi connectivity index (χ2v) is 3.58. The third-order valence-electron chi connectivity index (χ3n) is 2.71. The summed E-state index contributed by atoms with van der Waals surface area (Å²) in [7, 11) is 0. The van der Waals surface area contributed by atoms with Crippen molar-refractivity contribution in [1.29, 1.82) is 0 Å². The lowest BCUT2D eigenvalue weighted by Crippen LogP contribution is -1.97. The first-order chi connectivity index (χ1) is 5.88. The van der Waals surface area contributed by atoms with Crippen LogP contribution in [0.15, 0.2) is 23.3 Å². The van der Waals surface area contributed by atoms with Gasteiger partial charge in [0.1, 0.15) is 0 Å². The maximum atomic E-state index is 11.4. The van der Waals surface area contributed by atoms with Crippen LogP contribution in [0, 0.1) is 0 Å². The summed E-state index contributed by atoms with van der Waals surface area (Å²) in [6, 6.07) is 0. The van der Waals surface area contributed by atoms with Crippen molar-refractivity contribution in [1.82, 2.24) is 0 Å². The van der Waals surface area contributed by atoms with E-state index in [1.54, 1.807) is 0 Å². The van der Waals surface area contributed by atoms with Crippen molar-refractivity contribution < 1.29 is 4.79 Å². The summed E-state index contributed by atoms with van der Waals surface area (Å²) >= 11 is 0. The topological polar surface area (TPSA) is 17.1 Å². The van der Waals surface area contributed by atoms with Crippen LogP contribution >= 0.6 is 0 Å². The van der Waals surface area contributed by atoms with Gasteiger partial charge >= 0.3 is 0 Å². The molecule has 0 saturated carbocycles. The van der Waals surface area contributed by atoms with Crippen LogP contribution in [0.1, 0.15) is 38.5 Å². The predicted molar refractivity (Wildman–Crippen MR) is 48.9 cm³/mol. The number of hydrogen-bond acceptors (Lipinski definition) is 1. The lowest BCUT2D eigenvalue weighted by Gasteiger charge is -2.05. The third kappa shape index (κ3) is 1.36. The minimum absolute atomic E-state index is 0.400. The molecule has 0 saturated heterocycles. The van der Waals surface area contributed by atoms with E-state index in [1.807, 2.05) is 0 Å². The molecule has 0 bridgehead atoms. The zero-order chi connectivity index (χ0) is 8.39. The van der Waals surface area contributed by atoms with Gasteiger partial charge in [0.2, 0.25) is 0 Å². The van der Waals surface area contributed by atoms with E-state index >= 15 is 0 Å². The van der Waals surface area contributed by atoms with Gasteiger partial charge in [-0.3, -0.25) is 4.79 Å². The lowest BCUT2D eigenvalue weighted by molar-refractivity contribution is -0.115. The molecular formula is C11H14O. The van der Waals surface area contributed by atoms with E-state index in [4.69, 9.17) is 0 Å². The zero-order valence-corrected chi connectivity index (χ0v) is 7.31. The molecule has 0 heterocycles. The first kappa shape index (κ1) is 7.78. The Morgan fingerprint density at radius 3 is 2.92 bits per heavy atom. The van der Waals surface area contributed by atoms with Crippen LogP contribution in [0.2, 0.25) is 0 Å². The number of Topliss-reactive ketones (excluding diaryl/α,β-unsaturated/α-hetero) is 1. The Morgan fingerprint density at radius 2 is 2.00 bits per heavy atom. The summed E-state index contributed by atoms with van der Waals surface area (Å²) in [6.07, 6.45) is 10.8. The number of carbonyl (C=O) groups excluding carboxylic acids is 1.